The molecule has 1 aliphatic heterocycles. The summed E-state index contributed by atoms with van der Waals surface area (Å²) in [6.45, 7) is 1.50. The molecule has 0 radical (unpaired) electrons. The van der Waals surface area contributed by atoms with Crippen LogP contribution in [0.25, 0.3) is 0 Å². The van der Waals surface area contributed by atoms with E-state index < -0.39 is 11.7 Å². The number of anilines is 1. The molecule has 4 rings (SSSR count). The average molecular weight is 428 g/mol. The molecule has 162 valence electrons. The molecular formula is C23H23F3N4O. The Morgan fingerprint density at radius 1 is 1.13 bits per heavy atom. The minimum absolute atomic E-state index is 0.0430. The van der Waals surface area contributed by atoms with E-state index in [2.05, 4.69) is 15.0 Å². The van der Waals surface area contributed by atoms with E-state index in [1.165, 1.54) is 24.5 Å². The molecule has 1 aliphatic rings. The number of aryl methyl sites for hydroxylation is 2. The van der Waals surface area contributed by atoms with Gasteiger partial charge in [-0.05, 0) is 36.8 Å². The standard InChI is InChI=1S/C23H23F3N4O/c1-23(25,26)17-8-6-16(7-9-17)19-3-2-12-30(19)22-21(24)18(28-14-29-22)10-4-15-5-11-20(31)27-13-15/h5-9,11,13-14,19H,2-4,10,12H2,1H3,(H,27,31). The molecule has 1 aromatic carbocycles. The van der Waals surface area contributed by atoms with Crippen molar-refractivity contribution >= 4 is 5.82 Å². The average Bonchev–Trinajstić information content (AvgIpc) is 3.23. The first-order valence-corrected chi connectivity index (χ1v) is 10.2. The van der Waals surface area contributed by atoms with Crippen LogP contribution in [-0.2, 0) is 18.8 Å². The summed E-state index contributed by atoms with van der Waals surface area (Å²) in [5, 5.41) is 0. The molecule has 3 heterocycles. The van der Waals surface area contributed by atoms with Crippen LogP contribution < -0.4 is 10.5 Å². The molecule has 1 unspecified atom stereocenters. The highest BCUT2D eigenvalue weighted by Crippen LogP contribution is 2.37. The number of nitrogens with zero attached hydrogens (tertiary/aromatic N) is 3. The molecule has 3 aromatic rings. The molecule has 31 heavy (non-hydrogen) atoms. The van der Waals surface area contributed by atoms with Crippen LogP contribution in [-0.4, -0.2) is 21.5 Å². The Morgan fingerprint density at radius 2 is 1.90 bits per heavy atom. The van der Waals surface area contributed by atoms with Crippen molar-refractivity contribution in [2.24, 2.45) is 0 Å². The number of benzene rings is 1. The highest BCUT2D eigenvalue weighted by Gasteiger charge is 2.31. The number of hydrogen-bond donors (Lipinski definition) is 1. The van der Waals surface area contributed by atoms with Crippen LogP contribution in [0.5, 0.6) is 0 Å². The lowest BCUT2D eigenvalue weighted by Crippen LogP contribution is -2.25. The molecule has 0 aliphatic carbocycles. The SMILES string of the molecule is CC(F)(F)c1ccc(C2CCCN2c2ncnc(CCc3ccc(=O)[nH]c3)c2F)cc1. The lowest BCUT2D eigenvalue weighted by molar-refractivity contribution is 0.0174. The molecule has 8 heteroatoms. The number of nitrogens with one attached hydrogen (secondary N) is 1. The van der Waals surface area contributed by atoms with Gasteiger partial charge in [0.15, 0.2) is 11.6 Å². The van der Waals surface area contributed by atoms with Crippen molar-refractivity contribution in [1.82, 2.24) is 15.0 Å². The van der Waals surface area contributed by atoms with Gasteiger partial charge in [0.05, 0.1) is 11.7 Å². The van der Waals surface area contributed by atoms with Crippen molar-refractivity contribution in [3.05, 3.63) is 87.5 Å². The summed E-state index contributed by atoms with van der Waals surface area (Å²) in [5.41, 5.74) is 1.82. The molecule has 0 saturated carbocycles. The lowest BCUT2D eigenvalue weighted by atomic mass is 10.0. The molecule has 2 aromatic heterocycles. The van der Waals surface area contributed by atoms with E-state index in [4.69, 9.17) is 0 Å². The van der Waals surface area contributed by atoms with Gasteiger partial charge in [0.2, 0.25) is 5.56 Å². The zero-order chi connectivity index (χ0) is 22.0. The third-order valence-corrected chi connectivity index (χ3v) is 5.67. The third-order valence-electron chi connectivity index (χ3n) is 5.67. The summed E-state index contributed by atoms with van der Waals surface area (Å²) in [4.78, 5) is 24.0. The van der Waals surface area contributed by atoms with Crippen molar-refractivity contribution in [3.63, 3.8) is 0 Å². The molecule has 1 atom stereocenters. The minimum atomic E-state index is -2.90. The van der Waals surface area contributed by atoms with Gasteiger partial charge in [-0.3, -0.25) is 4.79 Å². The van der Waals surface area contributed by atoms with Gasteiger partial charge in [0, 0.05) is 31.3 Å². The van der Waals surface area contributed by atoms with E-state index in [1.54, 1.807) is 24.4 Å². The zero-order valence-corrected chi connectivity index (χ0v) is 17.1. The van der Waals surface area contributed by atoms with Gasteiger partial charge >= 0.3 is 0 Å². The summed E-state index contributed by atoms with van der Waals surface area (Å²) in [5.74, 6) is -3.12. The molecule has 0 amide bonds. The number of halogens is 3. The number of hydrogen-bond acceptors (Lipinski definition) is 4. The Balaban J connectivity index is 1.54. The van der Waals surface area contributed by atoms with Crippen LogP contribution in [0.1, 0.15) is 48.2 Å². The van der Waals surface area contributed by atoms with Crippen molar-refractivity contribution < 1.29 is 13.2 Å². The van der Waals surface area contributed by atoms with Gasteiger partial charge in [0.25, 0.3) is 5.92 Å². The predicted octanol–water partition coefficient (Wildman–Crippen LogP) is 4.54. The molecule has 1 N–H and O–H groups in total. The number of pyridine rings is 1. The number of aromatic amines is 1. The maximum Gasteiger partial charge on any atom is 0.270 e. The molecular weight excluding hydrogens is 405 g/mol. The number of aromatic nitrogens is 3. The van der Waals surface area contributed by atoms with Crippen LogP contribution in [0.4, 0.5) is 19.0 Å². The number of alkyl halides is 2. The van der Waals surface area contributed by atoms with Crippen molar-refractivity contribution in [3.8, 4) is 0 Å². The second kappa shape index (κ2) is 8.53. The quantitative estimate of drug-likeness (QED) is 0.626. The fraction of sp³-hybridized carbons (Fsp3) is 0.348. The Hall–Kier alpha value is -3.16. The van der Waals surface area contributed by atoms with Crippen molar-refractivity contribution in [1.29, 1.82) is 0 Å². The second-order valence-electron chi connectivity index (χ2n) is 7.88. The Bertz CT molecular complexity index is 1090. The summed E-state index contributed by atoms with van der Waals surface area (Å²) in [6, 6.07) is 9.24. The maximum absolute atomic E-state index is 15.3. The van der Waals surface area contributed by atoms with E-state index in [9.17, 15) is 13.6 Å². The van der Waals surface area contributed by atoms with Gasteiger partial charge in [-0.1, -0.05) is 30.3 Å². The fourth-order valence-corrected chi connectivity index (χ4v) is 4.00. The number of H-pyrrole nitrogens is 1. The summed E-state index contributed by atoms with van der Waals surface area (Å²) in [7, 11) is 0. The van der Waals surface area contributed by atoms with E-state index in [0.29, 0.717) is 25.1 Å². The van der Waals surface area contributed by atoms with E-state index >= 15 is 4.39 Å². The largest absolute Gasteiger partial charge is 0.347 e. The van der Waals surface area contributed by atoms with Gasteiger partial charge < -0.3 is 9.88 Å². The van der Waals surface area contributed by atoms with Gasteiger partial charge in [-0.25, -0.2) is 23.1 Å². The monoisotopic (exact) mass is 428 g/mol. The normalized spacial score (nSPS) is 16.6. The molecule has 0 spiro atoms. The van der Waals surface area contributed by atoms with Gasteiger partial charge in [0.1, 0.15) is 6.33 Å². The van der Waals surface area contributed by atoms with E-state index in [0.717, 1.165) is 30.9 Å². The smallest absolute Gasteiger partial charge is 0.270 e. The van der Waals surface area contributed by atoms with Gasteiger partial charge in [-0.15, -0.1) is 0 Å². The Morgan fingerprint density at radius 3 is 2.58 bits per heavy atom. The van der Waals surface area contributed by atoms with Crippen LogP contribution >= 0.6 is 0 Å². The predicted molar refractivity (Wildman–Crippen MR) is 112 cm³/mol. The lowest BCUT2D eigenvalue weighted by Gasteiger charge is -2.27. The third kappa shape index (κ3) is 4.62. The van der Waals surface area contributed by atoms with Crippen LogP contribution in [0.2, 0.25) is 0 Å². The van der Waals surface area contributed by atoms with Crippen molar-refractivity contribution in [2.45, 2.75) is 44.6 Å². The highest BCUT2D eigenvalue weighted by molar-refractivity contribution is 5.46. The Kier molecular flexibility index (Phi) is 5.80. The van der Waals surface area contributed by atoms with Crippen LogP contribution in [0.15, 0.2) is 53.7 Å². The first kappa shape index (κ1) is 21.1. The van der Waals surface area contributed by atoms with E-state index in [1.807, 2.05) is 4.90 Å². The Labute approximate surface area is 178 Å². The van der Waals surface area contributed by atoms with Crippen LogP contribution in [0.3, 0.4) is 0 Å². The minimum Gasteiger partial charge on any atom is -0.347 e. The fourth-order valence-electron chi connectivity index (χ4n) is 4.00. The molecule has 1 saturated heterocycles. The van der Waals surface area contributed by atoms with E-state index in [-0.39, 0.29) is 23.0 Å². The topological polar surface area (TPSA) is 61.9 Å². The number of rotatable bonds is 6. The summed E-state index contributed by atoms with van der Waals surface area (Å²) < 4.78 is 42.3. The van der Waals surface area contributed by atoms with Gasteiger partial charge in [-0.2, -0.15) is 0 Å². The molecule has 1 fully saturated rings. The second-order valence-corrected chi connectivity index (χ2v) is 7.88. The van der Waals surface area contributed by atoms with Crippen molar-refractivity contribution in [2.75, 3.05) is 11.4 Å². The zero-order valence-electron chi connectivity index (χ0n) is 17.1. The molecule has 0 bridgehead atoms. The first-order valence-electron chi connectivity index (χ1n) is 10.2. The summed E-state index contributed by atoms with van der Waals surface area (Å²) in [6.07, 6.45) is 5.51. The van der Waals surface area contributed by atoms with Crippen LogP contribution in [0, 0.1) is 5.82 Å². The first-order chi connectivity index (χ1) is 14.8. The maximum atomic E-state index is 15.3. The highest BCUT2D eigenvalue weighted by atomic mass is 19.3. The molecule has 5 nitrogen and oxygen atoms in total. The summed E-state index contributed by atoms with van der Waals surface area (Å²) >= 11 is 0.